The van der Waals surface area contributed by atoms with E-state index in [0.717, 1.165) is 0 Å². The van der Waals surface area contributed by atoms with Crippen molar-refractivity contribution < 1.29 is 15.0 Å². The van der Waals surface area contributed by atoms with E-state index in [1.807, 2.05) is 27.7 Å². The van der Waals surface area contributed by atoms with Gasteiger partial charge in [0.05, 0.1) is 12.0 Å². The molecule has 0 aliphatic carbocycles. The lowest BCUT2D eigenvalue weighted by Gasteiger charge is -2.30. The Kier molecular flexibility index (Phi) is 5.13. The van der Waals surface area contributed by atoms with Crippen LogP contribution in [0.2, 0.25) is 0 Å². The second kappa shape index (κ2) is 5.35. The monoisotopic (exact) mass is 202 g/mol. The van der Waals surface area contributed by atoms with Gasteiger partial charge in [0.25, 0.3) is 0 Å². The predicted molar refractivity (Wildman–Crippen MR) is 56.1 cm³/mol. The lowest BCUT2D eigenvalue weighted by molar-refractivity contribution is -0.143. The van der Waals surface area contributed by atoms with Crippen LogP contribution in [0.3, 0.4) is 0 Å². The van der Waals surface area contributed by atoms with Gasteiger partial charge < -0.3 is 10.2 Å². The molecule has 2 N–H and O–H groups in total. The van der Waals surface area contributed by atoms with E-state index in [4.69, 9.17) is 5.11 Å². The fourth-order valence-corrected chi connectivity index (χ4v) is 2.03. The van der Waals surface area contributed by atoms with Crippen molar-refractivity contribution in [3.8, 4) is 0 Å². The first kappa shape index (κ1) is 13.4. The van der Waals surface area contributed by atoms with Gasteiger partial charge in [-0.15, -0.1) is 0 Å². The standard InChI is InChI=1S/C11H22O3/c1-8(2)5-11(14,6-9(3)4)7-10(12)13/h8-9,14H,5-7H2,1-4H3,(H,12,13). The van der Waals surface area contributed by atoms with Crippen molar-refractivity contribution in [2.45, 2.75) is 52.6 Å². The summed E-state index contributed by atoms with van der Waals surface area (Å²) in [6.07, 6.45) is 0.957. The predicted octanol–water partition coefficient (Wildman–Crippen LogP) is 2.28. The molecule has 0 atom stereocenters. The average Bonchev–Trinajstić information content (AvgIpc) is 1.76. The second-order valence-electron chi connectivity index (χ2n) is 4.99. The van der Waals surface area contributed by atoms with Gasteiger partial charge in [-0.2, -0.15) is 0 Å². The molecule has 0 spiro atoms. The van der Waals surface area contributed by atoms with Gasteiger partial charge in [0.1, 0.15) is 0 Å². The average molecular weight is 202 g/mol. The molecule has 0 bridgehead atoms. The Balaban J connectivity index is 4.40. The zero-order valence-corrected chi connectivity index (χ0v) is 9.58. The number of carbonyl (C=O) groups is 1. The number of carboxylic acids is 1. The fourth-order valence-electron chi connectivity index (χ4n) is 2.03. The molecule has 0 radical (unpaired) electrons. The molecule has 0 fully saturated rings. The van der Waals surface area contributed by atoms with Gasteiger partial charge >= 0.3 is 5.97 Å². The Morgan fingerprint density at radius 1 is 1.14 bits per heavy atom. The minimum absolute atomic E-state index is 0.149. The number of aliphatic carboxylic acids is 1. The van der Waals surface area contributed by atoms with E-state index >= 15 is 0 Å². The summed E-state index contributed by atoms with van der Waals surface area (Å²) in [4.78, 5) is 10.6. The lowest BCUT2D eigenvalue weighted by Crippen LogP contribution is -2.35. The van der Waals surface area contributed by atoms with E-state index in [1.54, 1.807) is 0 Å². The summed E-state index contributed by atoms with van der Waals surface area (Å²) in [5, 5.41) is 18.9. The number of hydrogen-bond acceptors (Lipinski definition) is 2. The highest BCUT2D eigenvalue weighted by atomic mass is 16.4. The molecule has 0 aromatic carbocycles. The van der Waals surface area contributed by atoms with Gasteiger partial charge in [-0.3, -0.25) is 4.79 Å². The van der Waals surface area contributed by atoms with Crippen LogP contribution >= 0.6 is 0 Å². The van der Waals surface area contributed by atoms with E-state index in [1.165, 1.54) is 0 Å². The Labute approximate surface area is 86.1 Å². The summed E-state index contributed by atoms with van der Waals surface area (Å²) in [6, 6.07) is 0. The highest BCUT2D eigenvalue weighted by Crippen LogP contribution is 2.27. The van der Waals surface area contributed by atoms with Gasteiger partial charge in [0.2, 0.25) is 0 Å². The lowest BCUT2D eigenvalue weighted by atomic mass is 9.83. The normalized spacial score (nSPS) is 12.5. The maximum atomic E-state index is 10.6. The molecule has 0 aliphatic heterocycles. The van der Waals surface area contributed by atoms with Crippen molar-refractivity contribution in [1.29, 1.82) is 0 Å². The molecular formula is C11H22O3. The third-order valence-electron chi connectivity index (χ3n) is 2.06. The highest BCUT2D eigenvalue weighted by Gasteiger charge is 2.31. The summed E-state index contributed by atoms with van der Waals surface area (Å²) in [6.45, 7) is 7.97. The summed E-state index contributed by atoms with van der Waals surface area (Å²) in [5.74, 6) is -0.287. The van der Waals surface area contributed by atoms with Gasteiger partial charge in [-0.1, -0.05) is 27.7 Å². The molecule has 0 heterocycles. The molecule has 0 rings (SSSR count). The molecule has 84 valence electrons. The zero-order chi connectivity index (χ0) is 11.4. The first-order valence-electron chi connectivity index (χ1n) is 5.19. The van der Waals surface area contributed by atoms with E-state index < -0.39 is 11.6 Å². The number of aliphatic hydroxyl groups is 1. The molecule has 3 nitrogen and oxygen atoms in total. The van der Waals surface area contributed by atoms with Crippen molar-refractivity contribution in [1.82, 2.24) is 0 Å². The van der Waals surface area contributed by atoms with Crippen LogP contribution in [-0.2, 0) is 4.79 Å². The molecule has 0 unspecified atom stereocenters. The first-order chi connectivity index (χ1) is 6.25. The maximum absolute atomic E-state index is 10.6. The zero-order valence-electron chi connectivity index (χ0n) is 9.58. The summed E-state index contributed by atoms with van der Waals surface area (Å²) in [7, 11) is 0. The maximum Gasteiger partial charge on any atom is 0.306 e. The van der Waals surface area contributed by atoms with Crippen LogP contribution in [0.5, 0.6) is 0 Å². The molecule has 0 aromatic rings. The van der Waals surface area contributed by atoms with Crippen molar-refractivity contribution in [2.75, 3.05) is 0 Å². The number of rotatable bonds is 6. The molecule has 0 aliphatic rings. The van der Waals surface area contributed by atoms with Crippen LogP contribution in [0.25, 0.3) is 0 Å². The van der Waals surface area contributed by atoms with Gasteiger partial charge in [0.15, 0.2) is 0 Å². The number of hydrogen-bond donors (Lipinski definition) is 2. The van der Waals surface area contributed by atoms with Crippen LogP contribution in [0, 0.1) is 11.8 Å². The third-order valence-corrected chi connectivity index (χ3v) is 2.06. The molecule has 0 amide bonds. The Hall–Kier alpha value is -0.570. The fraction of sp³-hybridized carbons (Fsp3) is 0.909. The van der Waals surface area contributed by atoms with Crippen LogP contribution in [0.15, 0.2) is 0 Å². The molecule has 0 aromatic heterocycles. The highest BCUT2D eigenvalue weighted by molar-refractivity contribution is 5.68. The van der Waals surface area contributed by atoms with Gasteiger partial charge in [-0.25, -0.2) is 0 Å². The van der Waals surface area contributed by atoms with Gasteiger partial charge in [-0.05, 0) is 24.7 Å². The van der Waals surface area contributed by atoms with E-state index in [2.05, 4.69) is 0 Å². The van der Waals surface area contributed by atoms with Crippen LogP contribution in [-0.4, -0.2) is 21.8 Å². The quantitative estimate of drug-likeness (QED) is 0.694. The van der Waals surface area contributed by atoms with Crippen LogP contribution in [0.1, 0.15) is 47.0 Å². The molecule has 3 heteroatoms. The minimum Gasteiger partial charge on any atom is -0.481 e. The third kappa shape index (κ3) is 5.97. The minimum atomic E-state index is -1.03. The van der Waals surface area contributed by atoms with Crippen molar-refractivity contribution in [2.24, 2.45) is 11.8 Å². The topological polar surface area (TPSA) is 57.5 Å². The Morgan fingerprint density at radius 2 is 1.50 bits per heavy atom. The largest absolute Gasteiger partial charge is 0.481 e. The molecule has 0 saturated carbocycles. The first-order valence-corrected chi connectivity index (χ1v) is 5.19. The SMILES string of the molecule is CC(C)CC(O)(CC(=O)O)CC(C)C. The van der Waals surface area contributed by atoms with Crippen LogP contribution < -0.4 is 0 Å². The second-order valence-corrected chi connectivity index (χ2v) is 4.99. The van der Waals surface area contributed by atoms with E-state index in [0.29, 0.717) is 24.7 Å². The van der Waals surface area contributed by atoms with E-state index in [-0.39, 0.29) is 6.42 Å². The van der Waals surface area contributed by atoms with Crippen molar-refractivity contribution in [3.63, 3.8) is 0 Å². The molecule has 0 saturated heterocycles. The van der Waals surface area contributed by atoms with Crippen molar-refractivity contribution in [3.05, 3.63) is 0 Å². The van der Waals surface area contributed by atoms with Gasteiger partial charge in [0, 0.05) is 0 Å². The summed E-state index contributed by atoms with van der Waals surface area (Å²) < 4.78 is 0. The Bertz CT molecular complexity index is 175. The van der Waals surface area contributed by atoms with Crippen LogP contribution in [0.4, 0.5) is 0 Å². The number of carboxylic acid groups (broad SMARTS) is 1. The Morgan fingerprint density at radius 3 is 1.71 bits per heavy atom. The smallest absolute Gasteiger partial charge is 0.306 e. The molecular weight excluding hydrogens is 180 g/mol. The van der Waals surface area contributed by atoms with E-state index in [9.17, 15) is 9.90 Å². The molecule has 14 heavy (non-hydrogen) atoms. The van der Waals surface area contributed by atoms with Crippen molar-refractivity contribution >= 4 is 5.97 Å². The summed E-state index contributed by atoms with van der Waals surface area (Å²) in [5.41, 5.74) is -1.03. The summed E-state index contributed by atoms with van der Waals surface area (Å²) >= 11 is 0.